The number of benzene rings is 2. The first-order valence-corrected chi connectivity index (χ1v) is 10.9. The van der Waals surface area contributed by atoms with Gasteiger partial charge in [-0.05, 0) is 61.9 Å². The Balaban J connectivity index is 2.15. The molecule has 136 valence electrons. The van der Waals surface area contributed by atoms with Crippen molar-refractivity contribution < 1.29 is 16.8 Å². The zero-order valence-corrected chi connectivity index (χ0v) is 15.8. The molecule has 0 saturated heterocycles. The molecule has 0 bridgehead atoms. The quantitative estimate of drug-likeness (QED) is 0.734. The van der Waals surface area contributed by atoms with Crippen LogP contribution >= 0.6 is 0 Å². The highest BCUT2D eigenvalue weighted by Crippen LogP contribution is 2.19. The van der Waals surface area contributed by atoms with Gasteiger partial charge in [-0.2, -0.15) is 0 Å². The third kappa shape index (κ3) is 5.04. The topological polar surface area (TPSA) is 92.3 Å². The maximum absolute atomic E-state index is 12.4. The van der Waals surface area contributed by atoms with Gasteiger partial charge in [0, 0.05) is 5.69 Å². The summed E-state index contributed by atoms with van der Waals surface area (Å²) in [7, 11) is -5.95. The highest BCUT2D eigenvalue weighted by Gasteiger charge is 2.15. The smallest absolute Gasteiger partial charge is 0.261 e. The van der Waals surface area contributed by atoms with E-state index in [-0.39, 0.29) is 9.79 Å². The molecule has 8 heteroatoms. The molecule has 0 fully saturated rings. The summed E-state index contributed by atoms with van der Waals surface area (Å²) in [5.74, 6) is 0. The fourth-order valence-corrected chi connectivity index (χ4v) is 4.04. The number of sulfonamides is 2. The molecule has 0 unspecified atom stereocenters. The number of hydrogen-bond donors (Lipinski definition) is 2. The third-order valence-corrected chi connectivity index (χ3v) is 6.57. The molecular weight excluding hydrogens is 360 g/mol. The van der Waals surface area contributed by atoms with Gasteiger partial charge in [-0.15, -0.1) is 0 Å². The Labute approximate surface area is 149 Å². The zero-order chi connectivity index (χ0) is 18.5. The van der Waals surface area contributed by atoms with E-state index in [1.165, 1.54) is 31.3 Å². The molecule has 2 aromatic carbocycles. The lowest BCUT2D eigenvalue weighted by molar-refractivity contribution is 0.588. The summed E-state index contributed by atoms with van der Waals surface area (Å²) in [6.45, 7) is 2.11. The second-order valence-electron chi connectivity index (χ2n) is 5.58. The van der Waals surface area contributed by atoms with Gasteiger partial charge in [0.05, 0.1) is 9.79 Å². The summed E-state index contributed by atoms with van der Waals surface area (Å²) in [5, 5.41) is 0. The van der Waals surface area contributed by atoms with Gasteiger partial charge in [0.25, 0.3) is 10.0 Å². The standard InChI is InChI=1S/C17H22N2O4S2/c1-3-4-5-14-6-10-17(11-7-14)25(22,23)19-15-8-12-16(13-9-15)24(20,21)18-2/h6-13,18-19H,3-5H2,1-2H3. The van der Waals surface area contributed by atoms with Gasteiger partial charge in [-0.3, -0.25) is 4.72 Å². The van der Waals surface area contributed by atoms with Crippen molar-refractivity contribution in [3.63, 3.8) is 0 Å². The van der Waals surface area contributed by atoms with Crippen LogP contribution in [0, 0.1) is 0 Å². The molecular formula is C17H22N2O4S2. The molecule has 2 rings (SSSR count). The molecule has 25 heavy (non-hydrogen) atoms. The Kier molecular flexibility index (Phi) is 6.21. The summed E-state index contributed by atoms with van der Waals surface area (Å²) >= 11 is 0. The van der Waals surface area contributed by atoms with Crippen molar-refractivity contribution >= 4 is 25.7 Å². The predicted molar refractivity (Wildman–Crippen MR) is 98.6 cm³/mol. The summed E-state index contributed by atoms with van der Waals surface area (Å²) in [6.07, 6.45) is 3.07. The molecule has 0 saturated carbocycles. The minimum absolute atomic E-state index is 0.0678. The Bertz CT molecular complexity index is 904. The molecule has 0 aliphatic rings. The SMILES string of the molecule is CCCCc1ccc(S(=O)(=O)Nc2ccc(S(=O)(=O)NC)cc2)cc1. The first-order valence-electron chi connectivity index (χ1n) is 7.94. The van der Waals surface area contributed by atoms with E-state index in [9.17, 15) is 16.8 Å². The Morgan fingerprint density at radius 3 is 1.84 bits per heavy atom. The van der Waals surface area contributed by atoms with Crippen LogP contribution in [0.25, 0.3) is 0 Å². The molecule has 0 aromatic heterocycles. The second-order valence-corrected chi connectivity index (χ2v) is 9.15. The van der Waals surface area contributed by atoms with Crippen LogP contribution in [0.1, 0.15) is 25.3 Å². The number of rotatable bonds is 8. The van der Waals surface area contributed by atoms with Crippen LogP contribution in [-0.4, -0.2) is 23.9 Å². The van der Waals surface area contributed by atoms with E-state index in [4.69, 9.17) is 0 Å². The average Bonchev–Trinajstić information content (AvgIpc) is 2.60. The minimum Gasteiger partial charge on any atom is -0.280 e. The molecule has 0 radical (unpaired) electrons. The lowest BCUT2D eigenvalue weighted by atomic mass is 10.1. The monoisotopic (exact) mass is 382 g/mol. The van der Waals surface area contributed by atoms with Crippen LogP contribution in [0.2, 0.25) is 0 Å². The molecule has 0 spiro atoms. The Morgan fingerprint density at radius 2 is 1.32 bits per heavy atom. The number of unbranched alkanes of at least 4 members (excludes halogenated alkanes) is 1. The van der Waals surface area contributed by atoms with Crippen molar-refractivity contribution in [1.82, 2.24) is 4.72 Å². The van der Waals surface area contributed by atoms with Gasteiger partial charge in [-0.1, -0.05) is 25.5 Å². The fourth-order valence-electron chi connectivity index (χ4n) is 2.25. The number of hydrogen-bond acceptors (Lipinski definition) is 4. The molecule has 0 heterocycles. The van der Waals surface area contributed by atoms with Crippen molar-refractivity contribution in [2.45, 2.75) is 36.0 Å². The highest BCUT2D eigenvalue weighted by molar-refractivity contribution is 7.92. The summed E-state index contributed by atoms with van der Waals surface area (Å²) < 4.78 is 52.9. The average molecular weight is 383 g/mol. The van der Waals surface area contributed by atoms with Crippen molar-refractivity contribution in [1.29, 1.82) is 0 Å². The molecule has 2 N–H and O–H groups in total. The largest absolute Gasteiger partial charge is 0.280 e. The number of nitrogens with one attached hydrogen (secondary N) is 2. The molecule has 2 aromatic rings. The van der Waals surface area contributed by atoms with Crippen molar-refractivity contribution in [3.05, 3.63) is 54.1 Å². The third-order valence-electron chi connectivity index (χ3n) is 3.74. The first-order chi connectivity index (χ1) is 11.8. The maximum Gasteiger partial charge on any atom is 0.261 e. The van der Waals surface area contributed by atoms with Crippen LogP contribution in [-0.2, 0) is 26.5 Å². The minimum atomic E-state index is -3.72. The van der Waals surface area contributed by atoms with Gasteiger partial charge >= 0.3 is 0 Å². The summed E-state index contributed by atoms with van der Waals surface area (Å²) in [4.78, 5) is 0.234. The van der Waals surface area contributed by atoms with E-state index in [0.29, 0.717) is 5.69 Å². The van der Waals surface area contributed by atoms with Crippen molar-refractivity contribution in [3.8, 4) is 0 Å². The zero-order valence-electron chi connectivity index (χ0n) is 14.2. The summed E-state index contributed by atoms with van der Waals surface area (Å²) in [5.41, 5.74) is 1.40. The van der Waals surface area contributed by atoms with Crippen LogP contribution < -0.4 is 9.44 Å². The van der Waals surface area contributed by atoms with E-state index < -0.39 is 20.0 Å². The lowest BCUT2D eigenvalue weighted by Gasteiger charge is -2.10. The molecule has 0 amide bonds. The number of aryl methyl sites for hydroxylation is 1. The molecule has 0 atom stereocenters. The Morgan fingerprint density at radius 1 is 0.800 bits per heavy atom. The van der Waals surface area contributed by atoms with Gasteiger partial charge in [0.2, 0.25) is 10.0 Å². The van der Waals surface area contributed by atoms with Crippen LogP contribution in [0.15, 0.2) is 58.3 Å². The van der Waals surface area contributed by atoms with E-state index >= 15 is 0 Å². The highest BCUT2D eigenvalue weighted by atomic mass is 32.2. The molecule has 0 aliphatic heterocycles. The van der Waals surface area contributed by atoms with Gasteiger partial charge in [-0.25, -0.2) is 21.6 Å². The molecule has 0 aliphatic carbocycles. The molecule has 6 nitrogen and oxygen atoms in total. The van der Waals surface area contributed by atoms with Crippen molar-refractivity contribution in [2.75, 3.05) is 11.8 Å². The van der Waals surface area contributed by atoms with Crippen LogP contribution in [0.4, 0.5) is 5.69 Å². The first kappa shape index (κ1) is 19.4. The van der Waals surface area contributed by atoms with Gasteiger partial charge in [0.15, 0.2) is 0 Å². The van der Waals surface area contributed by atoms with Crippen molar-refractivity contribution in [2.24, 2.45) is 0 Å². The summed E-state index contributed by atoms with van der Waals surface area (Å²) in [6, 6.07) is 12.3. The van der Waals surface area contributed by atoms with E-state index in [1.54, 1.807) is 12.1 Å². The number of anilines is 1. The van der Waals surface area contributed by atoms with E-state index in [2.05, 4.69) is 16.4 Å². The fraction of sp³-hybridized carbons (Fsp3) is 0.294. The Hall–Kier alpha value is -1.90. The van der Waals surface area contributed by atoms with Crippen LogP contribution in [0.3, 0.4) is 0 Å². The van der Waals surface area contributed by atoms with Gasteiger partial charge in [0.1, 0.15) is 0 Å². The van der Waals surface area contributed by atoms with E-state index in [0.717, 1.165) is 24.8 Å². The normalized spacial score (nSPS) is 12.1. The van der Waals surface area contributed by atoms with Crippen LogP contribution in [0.5, 0.6) is 0 Å². The predicted octanol–water partition coefficient (Wildman–Crippen LogP) is 2.74. The lowest BCUT2D eigenvalue weighted by Crippen LogP contribution is -2.18. The van der Waals surface area contributed by atoms with E-state index in [1.807, 2.05) is 12.1 Å². The second kappa shape index (κ2) is 7.99. The maximum atomic E-state index is 12.4. The van der Waals surface area contributed by atoms with Gasteiger partial charge < -0.3 is 0 Å².